The summed E-state index contributed by atoms with van der Waals surface area (Å²) in [6.45, 7) is 1.50. The van der Waals surface area contributed by atoms with Crippen molar-refractivity contribution in [1.29, 1.82) is 0 Å². The van der Waals surface area contributed by atoms with E-state index in [2.05, 4.69) is 29.6 Å². The second-order valence-electron chi connectivity index (χ2n) is 6.68. The number of piperidine rings is 1. The van der Waals surface area contributed by atoms with Gasteiger partial charge in [-0.2, -0.15) is 0 Å². The Morgan fingerprint density at radius 2 is 1.65 bits per heavy atom. The number of amides is 2. The van der Waals surface area contributed by atoms with Crippen LogP contribution in [0, 0.1) is 5.92 Å². The van der Waals surface area contributed by atoms with Crippen molar-refractivity contribution in [1.82, 2.24) is 10.2 Å². The molecule has 26 heavy (non-hydrogen) atoms. The van der Waals surface area contributed by atoms with Crippen molar-refractivity contribution >= 4 is 23.4 Å². The number of carbonyl (C=O) groups excluding carboxylic acids is 2. The summed E-state index contributed by atoms with van der Waals surface area (Å²) < 4.78 is 0. The summed E-state index contributed by atoms with van der Waals surface area (Å²) in [7, 11) is 0. The molecule has 5 heteroatoms. The number of likely N-dealkylation sites (tertiary alicyclic amines) is 1. The van der Waals surface area contributed by atoms with E-state index in [1.165, 1.54) is 5.56 Å². The monoisotopic (exact) mass is 370 g/mol. The number of carbonyl (C=O) groups is 2. The van der Waals surface area contributed by atoms with E-state index in [9.17, 15) is 9.59 Å². The molecule has 2 aromatic carbocycles. The molecular weight excluding hydrogens is 348 g/mol. The molecule has 0 radical (unpaired) electrons. The van der Waals surface area contributed by atoms with Crippen LogP contribution in [0.25, 0.3) is 0 Å². The highest BCUT2D eigenvalue weighted by Gasteiger charge is 2.23. The average Bonchev–Trinajstić information content (AvgIpc) is 2.67. The van der Waals surface area contributed by atoms with Gasteiger partial charge in [-0.1, -0.05) is 54.1 Å². The van der Waals surface area contributed by atoms with Crippen LogP contribution in [0.3, 0.4) is 0 Å². The van der Waals surface area contributed by atoms with Crippen LogP contribution >= 0.6 is 11.6 Å². The molecule has 2 amide bonds. The van der Waals surface area contributed by atoms with Gasteiger partial charge in [0.05, 0.1) is 17.1 Å². The van der Waals surface area contributed by atoms with Crippen molar-refractivity contribution in [3.05, 3.63) is 70.7 Å². The normalized spacial score (nSPS) is 14.9. The first-order valence-corrected chi connectivity index (χ1v) is 9.35. The van der Waals surface area contributed by atoms with E-state index in [1.54, 1.807) is 24.3 Å². The summed E-state index contributed by atoms with van der Waals surface area (Å²) in [5.74, 6) is 0.255. The van der Waals surface area contributed by atoms with Gasteiger partial charge in [0.1, 0.15) is 0 Å². The van der Waals surface area contributed by atoms with Crippen LogP contribution in [-0.2, 0) is 11.2 Å². The van der Waals surface area contributed by atoms with Crippen molar-refractivity contribution in [3.8, 4) is 0 Å². The third-order valence-corrected chi connectivity index (χ3v) is 5.18. The minimum Gasteiger partial charge on any atom is -0.343 e. The predicted octanol–water partition coefficient (Wildman–Crippen LogP) is 3.55. The number of halogens is 1. The number of hydrogen-bond donors (Lipinski definition) is 1. The molecule has 1 fully saturated rings. The molecule has 0 bridgehead atoms. The molecule has 1 saturated heterocycles. The number of nitrogens with one attached hydrogen (secondary N) is 1. The molecule has 0 atom stereocenters. The lowest BCUT2D eigenvalue weighted by Crippen LogP contribution is -2.44. The molecule has 0 unspecified atom stereocenters. The van der Waals surface area contributed by atoms with E-state index in [0.717, 1.165) is 32.4 Å². The van der Waals surface area contributed by atoms with E-state index in [4.69, 9.17) is 11.6 Å². The zero-order valence-corrected chi connectivity index (χ0v) is 15.4. The van der Waals surface area contributed by atoms with Crippen LogP contribution in [0.1, 0.15) is 28.8 Å². The van der Waals surface area contributed by atoms with E-state index in [-0.39, 0.29) is 18.4 Å². The molecular formula is C21H23ClN2O2. The molecule has 2 aromatic rings. The van der Waals surface area contributed by atoms with Crippen molar-refractivity contribution in [3.63, 3.8) is 0 Å². The van der Waals surface area contributed by atoms with Crippen molar-refractivity contribution in [2.75, 3.05) is 19.6 Å². The quantitative estimate of drug-likeness (QED) is 0.875. The Kier molecular flexibility index (Phi) is 6.29. The molecule has 0 spiro atoms. The minimum atomic E-state index is -0.317. The van der Waals surface area contributed by atoms with Gasteiger partial charge >= 0.3 is 0 Å². The molecule has 1 aliphatic heterocycles. The van der Waals surface area contributed by atoms with Gasteiger partial charge in [0.25, 0.3) is 5.91 Å². The number of rotatable bonds is 5. The molecule has 0 aliphatic carbocycles. The Morgan fingerprint density at radius 3 is 2.35 bits per heavy atom. The van der Waals surface area contributed by atoms with Crippen LogP contribution < -0.4 is 5.32 Å². The Morgan fingerprint density at radius 1 is 1.00 bits per heavy atom. The highest BCUT2D eigenvalue weighted by Crippen LogP contribution is 2.21. The van der Waals surface area contributed by atoms with Crippen LogP contribution in [-0.4, -0.2) is 36.3 Å². The zero-order chi connectivity index (χ0) is 18.4. The Labute approximate surface area is 159 Å². The number of nitrogens with zero attached hydrogens (tertiary/aromatic N) is 1. The second-order valence-corrected chi connectivity index (χ2v) is 7.08. The highest BCUT2D eigenvalue weighted by atomic mass is 35.5. The summed E-state index contributed by atoms with van der Waals surface area (Å²) in [6, 6.07) is 17.3. The lowest BCUT2D eigenvalue weighted by molar-refractivity contribution is -0.131. The first kappa shape index (κ1) is 18.5. The molecule has 1 heterocycles. The summed E-state index contributed by atoms with van der Waals surface area (Å²) in [4.78, 5) is 26.3. The van der Waals surface area contributed by atoms with Gasteiger partial charge in [0.15, 0.2) is 0 Å². The summed E-state index contributed by atoms with van der Waals surface area (Å²) >= 11 is 6.01. The SMILES string of the molecule is O=C(NCC(=O)N1CCC(Cc2ccccc2)CC1)c1ccccc1Cl. The van der Waals surface area contributed by atoms with Crippen LogP contribution in [0.4, 0.5) is 0 Å². The molecule has 0 saturated carbocycles. The topological polar surface area (TPSA) is 49.4 Å². The summed E-state index contributed by atoms with van der Waals surface area (Å²) in [5.41, 5.74) is 1.74. The zero-order valence-electron chi connectivity index (χ0n) is 14.7. The van der Waals surface area contributed by atoms with Gasteiger partial charge in [-0.25, -0.2) is 0 Å². The Hall–Kier alpha value is -2.33. The highest BCUT2D eigenvalue weighted by molar-refractivity contribution is 6.33. The smallest absolute Gasteiger partial charge is 0.253 e. The third kappa shape index (κ3) is 4.85. The maximum Gasteiger partial charge on any atom is 0.253 e. The first-order valence-electron chi connectivity index (χ1n) is 8.98. The first-order chi connectivity index (χ1) is 12.6. The maximum absolute atomic E-state index is 12.4. The summed E-state index contributed by atoms with van der Waals surface area (Å²) in [6.07, 6.45) is 3.06. The Bertz CT molecular complexity index is 756. The number of hydrogen-bond acceptors (Lipinski definition) is 2. The van der Waals surface area contributed by atoms with Crippen molar-refractivity contribution < 1.29 is 9.59 Å². The third-order valence-electron chi connectivity index (χ3n) is 4.85. The second kappa shape index (κ2) is 8.86. The van der Waals surface area contributed by atoms with Crippen LogP contribution in [0.5, 0.6) is 0 Å². The van der Waals surface area contributed by atoms with Gasteiger partial charge < -0.3 is 10.2 Å². The predicted molar refractivity (Wildman–Crippen MR) is 103 cm³/mol. The van der Waals surface area contributed by atoms with Crippen molar-refractivity contribution in [2.24, 2.45) is 5.92 Å². The van der Waals surface area contributed by atoms with E-state index >= 15 is 0 Å². The maximum atomic E-state index is 12.4. The Balaban J connectivity index is 1.44. The van der Waals surface area contributed by atoms with Crippen LogP contribution in [0.15, 0.2) is 54.6 Å². The molecule has 4 nitrogen and oxygen atoms in total. The number of benzene rings is 2. The molecule has 1 N–H and O–H groups in total. The summed E-state index contributed by atoms with van der Waals surface area (Å²) in [5, 5.41) is 3.06. The van der Waals surface area contributed by atoms with E-state index < -0.39 is 0 Å². The fraction of sp³-hybridized carbons (Fsp3) is 0.333. The van der Waals surface area contributed by atoms with Gasteiger partial charge in [-0.3, -0.25) is 9.59 Å². The molecule has 136 valence electrons. The molecule has 0 aromatic heterocycles. The van der Waals surface area contributed by atoms with E-state index in [0.29, 0.717) is 16.5 Å². The minimum absolute atomic E-state index is 0.00735. The molecule has 3 rings (SSSR count). The van der Waals surface area contributed by atoms with Gasteiger partial charge in [0, 0.05) is 13.1 Å². The van der Waals surface area contributed by atoms with E-state index in [1.807, 2.05) is 11.0 Å². The van der Waals surface area contributed by atoms with Crippen LogP contribution in [0.2, 0.25) is 5.02 Å². The average molecular weight is 371 g/mol. The standard InChI is InChI=1S/C21H23ClN2O2/c22-19-9-5-4-8-18(19)21(26)23-15-20(25)24-12-10-17(11-13-24)14-16-6-2-1-3-7-16/h1-9,17H,10-15H2,(H,23,26). The van der Waals surface area contributed by atoms with Gasteiger partial charge in [0.2, 0.25) is 5.91 Å². The largest absolute Gasteiger partial charge is 0.343 e. The fourth-order valence-electron chi connectivity index (χ4n) is 3.34. The lowest BCUT2D eigenvalue weighted by atomic mass is 9.90. The molecule has 1 aliphatic rings. The fourth-order valence-corrected chi connectivity index (χ4v) is 3.56. The van der Waals surface area contributed by atoms with Gasteiger partial charge in [-0.05, 0) is 42.9 Å². The van der Waals surface area contributed by atoms with Gasteiger partial charge in [-0.15, -0.1) is 0 Å². The van der Waals surface area contributed by atoms with Crippen molar-refractivity contribution in [2.45, 2.75) is 19.3 Å². The lowest BCUT2D eigenvalue weighted by Gasteiger charge is -2.32.